The number of rotatable bonds is 6. The molecule has 1 aliphatic carbocycles. The molecule has 0 N–H and O–H groups in total. The number of fused-ring (bicyclic) bond motifs is 2. The molecule has 0 bridgehead atoms. The summed E-state index contributed by atoms with van der Waals surface area (Å²) in [5.74, 6) is 1.86. The van der Waals surface area contributed by atoms with Crippen LogP contribution in [0.4, 0.5) is 0 Å². The Kier molecular flexibility index (Phi) is 5.72. The maximum atomic E-state index is 3.97. The molecule has 0 nitrogen and oxygen atoms in total. The molecule has 148 valence electrons. The fraction of sp³-hybridized carbons (Fsp3) is 0.310. The fourth-order valence-electron chi connectivity index (χ4n) is 5.26. The Bertz CT molecular complexity index is 982. The predicted molar refractivity (Wildman–Crippen MR) is 125 cm³/mol. The number of hydrogen-bond acceptors (Lipinski definition) is 0. The van der Waals surface area contributed by atoms with Crippen LogP contribution in [-0.4, -0.2) is 0 Å². The van der Waals surface area contributed by atoms with Crippen molar-refractivity contribution in [2.75, 3.05) is 0 Å². The Labute approximate surface area is 176 Å². The lowest BCUT2D eigenvalue weighted by molar-refractivity contribution is 0.601. The molecule has 0 aromatic heterocycles. The van der Waals surface area contributed by atoms with Gasteiger partial charge in [-0.1, -0.05) is 99.6 Å². The Morgan fingerprint density at radius 3 is 2.17 bits per heavy atom. The highest BCUT2D eigenvalue weighted by atomic mass is 14.4. The molecule has 0 heteroatoms. The summed E-state index contributed by atoms with van der Waals surface area (Å²) in [4.78, 5) is 0. The zero-order valence-electron chi connectivity index (χ0n) is 17.9. The molecule has 0 saturated carbocycles. The van der Waals surface area contributed by atoms with Crippen molar-refractivity contribution < 1.29 is 0 Å². The van der Waals surface area contributed by atoms with Crippen molar-refractivity contribution in [1.29, 1.82) is 0 Å². The van der Waals surface area contributed by atoms with Crippen molar-refractivity contribution >= 4 is 0 Å². The molecule has 0 heterocycles. The molecule has 0 radical (unpaired) electrons. The molecule has 4 rings (SSSR count). The van der Waals surface area contributed by atoms with Crippen molar-refractivity contribution in [3.8, 4) is 0 Å². The highest BCUT2D eigenvalue weighted by molar-refractivity contribution is 5.56. The van der Waals surface area contributed by atoms with Crippen LogP contribution in [0.3, 0.4) is 0 Å². The van der Waals surface area contributed by atoms with Crippen LogP contribution in [0.15, 0.2) is 85.5 Å². The zero-order chi connectivity index (χ0) is 20.4. The van der Waals surface area contributed by atoms with E-state index in [9.17, 15) is 0 Å². The average molecular weight is 381 g/mol. The predicted octanol–water partition coefficient (Wildman–Crippen LogP) is 8.16. The van der Waals surface area contributed by atoms with Crippen LogP contribution in [0.25, 0.3) is 0 Å². The lowest BCUT2D eigenvalue weighted by Gasteiger charge is -2.36. The summed E-state index contributed by atoms with van der Waals surface area (Å²) in [6.07, 6.45) is 4.24. The molecule has 3 aromatic rings. The van der Waals surface area contributed by atoms with Crippen molar-refractivity contribution in [3.05, 3.63) is 119 Å². The van der Waals surface area contributed by atoms with E-state index in [1.54, 1.807) is 5.56 Å². The third kappa shape index (κ3) is 3.57. The number of allylic oxidation sites excluding steroid dienone is 1. The van der Waals surface area contributed by atoms with E-state index in [0.717, 1.165) is 12.8 Å². The van der Waals surface area contributed by atoms with Gasteiger partial charge >= 0.3 is 0 Å². The Balaban J connectivity index is 1.81. The minimum atomic E-state index is 0.433. The summed E-state index contributed by atoms with van der Waals surface area (Å²) in [6, 6.07) is 27.0. The van der Waals surface area contributed by atoms with Crippen LogP contribution in [-0.2, 0) is 0 Å². The Hall–Kier alpha value is -2.60. The summed E-state index contributed by atoms with van der Waals surface area (Å²) in [6.45, 7) is 11.1. The summed E-state index contributed by atoms with van der Waals surface area (Å²) in [5.41, 5.74) is 9.05. The van der Waals surface area contributed by atoms with Gasteiger partial charge in [0.25, 0.3) is 0 Å². The van der Waals surface area contributed by atoms with Crippen molar-refractivity contribution in [1.82, 2.24) is 0 Å². The molecule has 0 fully saturated rings. The molecule has 4 atom stereocenters. The molecule has 3 aromatic carbocycles. The van der Waals surface area contributed by atoms with Gasteiger partial charge in [-0.05, 0) is 58.1 Å². The lowest BCUT2D eigenvalue weighted by atomic mass is 9.68. The van der Waals surface area contributed by atoms with Crippen LogP contribution in [0, 0.1) is 0 Å². The second kappa shape index (κ2) is 8.41. The molecule has 0 aliphatic heterocycles. The first-order chi connectivity index (χ1) is 14.1. The second-order valence-corrected chi connectivity index (χ2v) is 8.61. The van der Waals surface area contributed by atoms with Crippen LogP contribution in [0.2, 0.25) is 0 Å². The Morgan fingerprint density at radius 2 is 1.45 bits per heavy atom. The van der Waals surface area contributed by atoms with Gasteiger partial charge in [0.05, 0.1) is 0 Å². The largest absolute Gasteiger partial charge is 0.103 e. The first kappa shape index (κ1) is 19.7. The third-order valence-corrected chi connectivity index (χ3v) is 7.05. The third-order valence-electron chi connectivity index (χ3n) is 7.05. The van der Waals surface area contributed by atoms with Gasteiger partial charge in [0.15, 0.2) is 0 Å². The minimum Gasteiger partial charge on any atom is -0.103 e. The van der Waals surface area contributed by atoms with E-state index >= 15 is 0 Å². The fourth-order valence-corrected chi connectivity index (χ4v) is 5.26. The number of benzene rings is 3. The summed E-state index contributed by atoms with van der Waals surface area (Å²) < 4.78 is 0. The van der Waals surface area contributed by atoms with Crippen molar-refractivity contribution in [2.24, 2.45) is 0 Å². The van der Waals surface area contributed by atoms with E-state index < -0.39 is 0 Å². The van der Waals surface area contributed by atoms with Crippen LogP contribution < -0.4 is 0 Å². The van der Waals surface area contributed by atoms with E-state index in [2.05, 4.69) is 106 Å². The standard InChI is InChI=1S/C29H32/c1-5-6-15-27-26-17-11-10-16-24(26)22(4)29-25(18-12-19-28(27)29)21(3)20(2)23-13-8-7-9-14-23/h5,7-14,16-22,27H,1,6,15H2,2-4H3. The second-order valence-electron chi connectivity index (χ2n) is 8.61. The van der Waals surface area contributed by atoms with Gasteiger partial charge in [-0.3, -0.25) is 0 Å². The van der Waals surface area contributed by atoms with Gasteiger partial charge < -0.3 is 0 Å². The highest BCUT2D eigenvalue weighted by Crippen LogP contribution is 2.48. The lowest BCUT2D eigenvalue weighted by Crippen LogP contribution is -2.20. The van der Waals surface area contributed by atoms with Crippen LogP contribution >= 0.6 is 0 Å². The van der Waals surface area contributed by atoms with Gasteiger partial charge in [0, 0.05) is 11.8 Å². The molecule has 0 amide bonds. The zero-order valence-corrected chi connectivity index (χ0v) is 17.9. The quantitative estimate of drug-likeness (QED) is 0.378. The Morgan fingerprint density at radius 1 is 0.793 bits per heavy atom. The molecule has 29 heavy (non-hydrogen) atoms. The average Bonchev–Trinajstić information content (AvgIpc) is 2.78. The van der Waals surface area contributed by atoms with E-state index in [1.807, 2.05) is 0 Å². The number of hydrogen-bond donors (Lipinski definition) is 0. The van der Waals surface area contributed by atoms with Crippen molar-refractivity contribution in [3.63, 3.8) is 0 Å². The molecule has 1 aliphatic rings. The maximum absolute atomic E-state index is 3.97. The topological polar surface area (TPSA) is 0 Å². The summed E-state index contributed by atoms with van der Waals surface area (Å²) in [7, 11) is 0. The van der Waals surface area contributed by atoms with Gasteiger partial charge in [0.2, 0.25) is 0 Å². The van der Waals surface area contributed by atoms with E-state index in [1.165, 1.54) is 27.8 Å². The molecule has 0 saturated heterocycles. The van der Waals surface area contributed by atoms with Gasteiger partial charge in [-0.15, -0.1) is 6.58 Å². The van der Waals surface area contributed by atoms with Gasteiger partial charge in [-0.2, -0.15) is 0 Å². The molecular weight excluding hydrogens is 348 g/mol. The first-order valence-corrected chi connectivity index (χ1v) is 11.0. The normalized spacial score (nSPS) is 19.7. The highest BCUT2D eigenvalue weighted by Gasteiger charge is 2.32. The van der Waals surface area contributed by atoms with Crippen LogP contribution in [0.5, 0.6) is 0 Å². The first-order valence-electron chi connectivity index (χ1n) is 11.0. The maximum Gasteiger partial charge on any atom is 0.00982 e. The summed E-state index contributed by atoms with van der Waals surface area (Å²) in [5, 5.41) is 0. The monoisotopic (exact) mass is 380 g/mol. The van der Waals surface area contributed by atoms with E-state index in [-0.39, 0.29) is 0 Å². The molecule has 0 spiro atoms. The molecular formula is C29H32. The van der Waals surface area contributed by atoms with E-state index in [4.69, 9.17) is 0 Å². The smallest absolute Gasteiger partial charge is 0.00982 e. The van der Waals surface area contributed by atoms with E-state index in [0.29, 0.717) is 23.7 Å². The SMILES string of the molecule is C=CCCC1c2ccccc2C(C)c2c1cccc2C(C)C(C)c1ccccc1. The van der Waals surface area contributed by atoms with Crippen LogP contribution in [0.1, 0.15) is 90.7 Å². The minimum absolute atomic E-state index is 0.433. The van der Waals surface area contributed by atoms with Gasteiger partial charge in [0.1, 0.15) is 0 Å². The van der Waals surface area contributed by atoms with Gasteiger partial charge in [-0.25, -0.2) is 0 Å². The molecule has 4 unspecified atom stereocenters. The summed E-state index contributed by atoms with van der Waals surface area (Å²) >= 11 is 0. The van der Waals surface area contributed by atoms with Crippen molar-refractivity contribution in [2.45, 2.75) is 57.3 Å².